The summed E-state index contributed by atoms with van der Waals surface area (Å²) in [6.45, 7) is 3.55. The number of benzene rings is 1. The highest BCUT2D eigenvalue weighted by Gasteiger charge is 2.20. The zero-order valence-corrected chi connectivity index (χ0v) is 11.7. The van der Waals surface area contributed by atoms with Gasteiger partial charge in [0, 0.05) is 12.1 Å². The average Bonchev–Trinajstić information content (AvgIpc) is 2.77. The van der Waals surface area contributed by atoms with Gasteiger partial charge in [0.2, 0.25) is 0 Å². The molecule has 0 bridgehead atoms. The molecule has 1 aromatic carbocycles. The van der Waals surface area contributed by atoms with Crippen LogP contribution >= 0.6 is 0 Å². The Hall–Kier alpha value is -1.13. The second-order valence-electron chi connectivity index (χ2n) is 5.39. The Labute approximate surface area is 114 Å². The minimum Gasteiger partial charge on any atom is -0.490 e. The van der Waals surface area contributed by atoms with Crippen LogP contribution in [-0.2, 0) is 0 Å². The van der Waals surface area contributed by atoms with E-state index in [9.17, 15) is 4.39 Å². The lowest BCUT2D eigenvalue weighted by atomic mass is 10.1. The summed E-state index contributed by atoms with van der Waals surface area (Å²) in [7, 11) is 2.13. The first kappa shape index (κ1) is 14.3. The molecule has 19 heavy (non-hydrogen) atoms. The van der Waals surface area contributed by atoms with Crippen molar-refractivity contribution < 1.29 is 9.13 Å². The first-order chi connectivity index (χ1) is 9.08. The molecule has 0 spiro atoms. The maximum Gasteiger partial charge on any atom is 0.165 e. The topological polar surface area (TPSA) is 38.5 Å². The predicted molar refractivity (Wildman–Crippen MR) is 74.8 cm³/mol. The first-order valence-corrected chi connectivity index (χ1v) is 6.96. The van der Waals surface area contributed by atoms with E-state index >= 15 is 0 Å². The van der Waals surface area contributed by atoms with Gasteiger partial charge in [-0.2, -0.15) is 0 Å². The van der Waals surface area contributed by atoms with E-state index < -0.39 is 0 Å². The molecule has 2 unspecified atom stereocenters. The molecular formula is C15H23FN2O. The molecule has 1 saturated heterocycles. The summed E-state index contributed by atoms with van der Waals surface area (Å²) in [6, 6.07) is 5.38. The van der Waals surface area contributed by atoms with Gasteiger partial charge in [-0.25, -0.2) is 4.39 Å². The molecular weight excluding hydrogens is 243 g/mol. The van der Waals surface area contributed by atoms with Crippen LogP contribution in [0.15, 0.2) is 18.2 Å². The van der Waals surface area contributed by atoms with Gasteiger partial charge in [0.05, 0.1) is 6.61 Å². The predicted octanol–water partition coefficient (Wildman–Crippen LogP) is 2.71. The fraction of sp³-hybridized carbons (Fsp3) is 0.600. The SMILES string of the molecule is CC(N)c1ccc(OCCC2CCCN2C)c(F)c1. The molecule has 0 amide bonds. The molecule has 106 valence electrons. The Morgan fingerprint density at radius 2 is 2.32 bits per heavy atom. The molecule has 2 rings (SSSR count). The molecule has 2 atom stereocenters. The Morgan fingerprint density at radius 3 is 2.89 bits per heavy atom. The van der Waals surface area contributed by atoms with Crippen molar-refractivity contribution in [3.63, 3.8) is 0 Å². The zero-order chi connectivity index (χ0) is 13.8. The molecule has 1 fully saturated rings. The Kier molecular flexibility index (Phi) is 4.77. The second-order valence-corrected chi connectivity index (χ2v) is 5.39. The van der Waals surface area contributed by atoms with Crippen LogP contribution in [0.25, 0.3) is 0 Å². The van der Waals surface area contributed by atoms with Crippen molar-refractivity contribution in [2.75, 3.05) is 20.2 Å². The van der Waals surface area contributed by atoms with Gasteiger partial charge >= 0.3 is 0 Å². The van der Waals surface area contributed by atoms with E-state index in [0.29, 0.717) is 18.4 Å². The largest absolute Gasteiger partial charge is 0.490 e. The molecule has 0 aliphatic carbocycles. The summed E-state index contributed by atoms with van der Waals surface area (Å²) < 4.78 is 19.3. The lowest BCUT2D eigenvalue weighted by Crippen LogP contribution is -2.26. The molecule has 0 aromatic heterocycles. The minimum atomic E-state index is -0.324. The van der Waals surface area contributed by atoms with Crippen molar-refractivity contribution >= 4 is 0 Å². The average molecular weight is 266 g/mol. The molecule has 1 aliphatic rings. The molecule has 2 N–H and O–H groups in total. The van der Waals surface area contributed by atoms with Crippen molar-refractivity contribution in [1.29, 1.82) is 0 Å². The molecule has 4 heteroatoms. The summed E-state index contributed by atoms with van der Waals surface area (Å²) in [6.07, 6.45) is 3.41. The molecule has 0 saturated carbocycles. The van der Waals surface area contributed by atoms with Crippen LogP contribution in [0.2, 0.25) is 0 Å². The lowest BCUT2D eigenvalue weighted by molar-refractivity contribution is 0.228. The van der Waals surface area contributed by atoms with Crippen LogP contribution in [0.3, 0.4) is 0 Å². The lowest BCUT2D eigenvalue weighted by Gasteiger charge is -2.19. The highest BCUT2D eigenvalue weighted by atomic mass is 19.1. The van der Waals surface area contributed by atoms with Gasteiger partial charge in [0.15, 0.2) is 11.6 Å². The van der Waals surface area contributed by atoms with Crippen molar-refractivity contribution in [2.24, 2.45) is 5.73 Å². The maximum absolute atomic E-state index is 13.8. The maximum atomic E-state index is 13.8. The van der Waals surface area contributed by atoms with E-state index in [4.69, 9.17) is 10.5 Å². The van der Waals surface area contributed by atoms with E-state index in [1.54, 1.807) is 6.07 Å². The molecule has 1 heterocycles. The summed E-state index contributed by atoms with van der Waals surface area (Å²) >= 11 is 0. The monoisotopic (exact) mass is 266 g/mol. The summed E-state index contributed by atoms with van der Waals surface area (Å²) in [5.74, 6) is -0.000346. The summed E-state index contributed by atoms with van der Waals surface area (Å²) in [5.41, 5.74) is 6.51. The number of nitrogens with two attached hydrogens (primary N) is 1. The van der Waals surface area contributed by atoms with Gasteiger partial charge in [-0.3, -0.25) is 0 Å². The van der Waals surface area contributed by atoms with Gasteiger partial charge < -0.3 is 15.4 Å². The fourth-order valence-electron chi connectivity index (χ4n) is 2.57. The highest BCUT2D eigenvalue weighted by Crippen LogP contribution is 2.22. The van der Waals surface area contributed by atoms with Crippen LogP contribution < -0.4 is 10.5 Å². The Morgan fingerprint density at radius 1 is 1.53 bits per heavy atom. The number of hydrogen-bond acceptors (Lipinski definition) is 3. The van der Waals surface area contributed by atoms with Crippen LogP contribution in [0.4, 0.5) is 4.39 Å². The van der Waals surface area contributed by atoms with Gasteiger partial charge in [-0.1, -0.05) is 6.07 Å². The molecule has 3 nitrogen and oxygen atoms in total. The third-order valence-electron chi connectivity index (χ3n) is 3.86. The first-order valence-electron chi connectivity index (χ1n) is 6.96. The number of halogens is 1. The zero-order valence-electron chi connectivity index (χ0n) is 11.7. The number of rotatable bonds is 5. The number of likely N-dealkylation sites (tertiary alicyclic amines) is 1. The molecule has 1 aromatic rings. The quantitative estimate of drug-likeness (QED) is 0.890. The van der Waals surface area contributed by atoms with Crippen molar-refractivity contribution in [3.8, 4) is 5.75 Å². The van der Waals surface area contributed by atoms with E-state index in [0.717, 1.165) is 18.5 Å². The highest BCUT2D eigenvalue weighted by molar-refractivity contribution is 5.30. The van der Waals surface area contributed by atoms with E-state index in [2.05, 4.69) is 11.9 Å². The van der Waals surface area contributed by atoms with Gasteiger partial charge in [0.1, 0.15) is 0 Å². The molecule has 1 aliphatic heterocycles. The number of hydrogen-bond donors (Lipinski definition) is 1. The van der Waals surface area contributed by atoms with Crippen LogP contribution in [0.5, 0.6) is 5.75 Å². The van der Waals surface area contributed by atoms with Gasteiger partial charge in [-0.15, -0.1) is 0 Å². The molecule has 0 radical (unpaired) electrons. The standard InChI is InChI=1S/C15H23FN2O/c1-11(17)12-5-6-15(14(16)10-12)19-9-7-13-4-3-8-18(13)2/h5-6,10-11,13H,3-4,7-9,17H2,1-2H3. The summed E-state index contributed by atoms with van der Waals surface area (Å²) in [5, 5.41) is 0. The van der Waals surface area contributed by atoms with Crippen molar-refractivity contribution in [2.45, 2.75) is 38.3 Å². The fourth-order valence-corrected chi connectivity index (χ4v) is 2.57. The van der Waals surface area contributed by atoms with Gasteiger partial charge in [-0.05, 0) is 57.5 Å². The normalized spacial score (nSPS) is 21.6. The van der Waals surface area contributed by atoms with Crippen LogP contribution in [0.1, 0.15) is 37.8 Å². The van der Waals surface area contributed by atoms with Gasteiger partial charge in [0.25, 0.3) is 0 Å². The van der Waals surface area contributed by atoms with E-state index in [1.807, 2.05) is 13.0 Å². The van der Waals surface area contributed by atoms with Crippen LogP contribution in [0, 0.1) is 5.82 Å². The smallest absolute Gasteiger partial charge is 0.165 e. The number of ether oxygens (including phenoxy) is 1. The minimum absolute atomic E-state index is 0.157. The second kappa shape index (κ2) is 6.35. The van der Waals surface area contributed by atoms with Crippen molar-refractivity contribution in [1.82, 2.24) is 4.90 Å². The number of nitrogens with zero attached hydrogens (tertiary/aromatic N) is 1. The van der Waals surface area contributed by atoms with Crippen LogP contribution in [-0.4, -0.2) is 31.1 Å². The van der Waals surface area contributed by atoms with E-state index in [-0.39, 0.29) is 11.9 Å². The third-order valence-corrected chi connectivity index (χ3v) is 3.86. The van der Waals surface area contributed by atoms with Crippen molar-refractivity contribution in [3.05, 3.63) is 29.6 Å². The summed E-state index contributed by atoms with van der Waals surface area (Å²) in [4.78, 5) is 2.35. The third kappa shape index (κ3) is 3.67. The van der Waals surface area contributed by atoms with E-state index in [1.165, 1.54) is 18.9 Å². The Balaban J connectivity index is 1.86. The Bertz CT molecular complexity index is 423.